The maximum atomic E-state index is 5.53. The highest BCUT2D eigenvalue weighted by atomic mass is 16.5. The Bertz CT molecular complexity index is 647. The SMILES string of the molecule is Nc1nccc(-c2noc3ccccc23)n1. The van der Waals surface area contributed by atoms with Crippen molar-refractivity contribution in [2.24, 2.45) is 0 Å². The van der Waals surface area contributed by atoms with Crippen LogP contribution in [0.15, 0.2) is 41.1 Å². The van der Waals surface area contributed by atoms with E-state index in [1.807, 2.05) is 24.3 Å². The number of nitrogens with two attached hydrogens (primary N) is 1. The summed E-state index contributed by atoms with van der Waals surface area (Å²) >= 11 is 0. The van der Waals surface area contributed by atoms with Gasteiger partial charge in [0.25, 0.3) is 0 Å². The summed E-state index contributed by atoms with van der Waals surface area (Å²) in [6.07, 6.45) is 1.60. The summed E-state index contributed by atoms with van der Waals surface area (Å²) in [4.78, 5) is 7.95. The highest BCUT2D eigenvalue weighted by Crippen LogP contribution is 2.25. The van der Waals surface area contributed by atoms with E-state index in [9.17, 15) is 0 Å². The van der Waals surface area contributed by atoms with E-state index < -0.39 is 0 Å². The molecule has 0 bridgehead atoms. The number of rotatable bonds is 1. The first kappa shape index (κ1) is 8.84. The molecule has 0 aliphatic carbocycles. The monoisotopic (exact) mass is 212 g/mol. The molecule has 2 heterocycles. The van der Waals surface area contributed by atoms with Gasteiger partial charge in [-0.15, -0.1) is 0 Å². The van der Waals surface area contributed by atoms with E-state index in [-0.39, 0.29) is 5.95 Å². The third kappa shape index (κ3) is 1.30. The van der Waals surface area contributed by atoms with Crippen molar-refractivity contribution in [1.82, 2.24) is 15.1 Å². The highest BCUT2D eigenvalue weighted by Gasteiger charge is 2.10. The van der Waals surface area contributed by atoms with Crippen molar-refractivity contribution in [2.75, 3.05) is 5.73 Å². The predicted octanol–water partition coefficient (Wildman–Crippen LogP) is 1.87. The van der Waals surface area contributed by atoms with Crippen LogP contribution in [0.3, 0.4) is 0 Å². The van der Waals surface area contributed by atoms with Gasteiger partial charge < -0.3 is 10.3 Å². The normalized spacial score (nSPS) is 10.8. The number of hydrogen-bond donors (Lipinski definition) is 1. The Labute approximate surface area is 90.9 Å². The third-order valence-electron chi connectivity index (χ3n) is 2.29. The van der Waals surface area contributed by atoms with E-state index in [0.29, 0.717) is 11.4 Å². The highest BCUT2D eigenvalue weighted by molar-refractivity contribution is 5.90. The van der Waals surface area contributed by atoms with Crippen molar-refractivity contribution >= 4 is 16.9 Å². The molecule has 0 aliphatic rings. The molecule has 0 amide bonds. The second kappa shape index (κ2) is 3.30. The van der Waals surface area contributed by atoms with E-state index in [4.69, 9.17) is 10.3 Å². The lowest BCUT2D eigenvalue weighted by Gasteiger charge is -1.96. The molecular formula is C11H8N4O. The maximum Gasteiger partial charge on any atom is 0.220 e. The van der Waals surface area contributed by atoms with E-state index in [0.717, 1.165) is 11.0 Å². The third-order valence-corrected chi connectivity index (χ3v) is 2.29. The second-order valence-electron chi connectivity index (χ2n) is 3.33. The minimum absolute atomic E-state index is 0.226. The molecule has 0 saturated heterocycles. The lowest BCUT2D eigenvalue weighted by Crippen LogP contribution is -1.95. The number of benzene rings is 1. The molecule has 1 aromatic carbocycles. The summed E-state index contributed by atoms with van der Waals surface area (Å²) in [5, 5.41) is 4.90. The van der Waals surface area contributed by atoms with Gasteiger partial charge in [-0.1, -0.05) is 17.3 Å². The number of para-hydroxylation sites is 1. The number of nitrogens with zero attached hydrogens (tertiary/aromatic N) is 3. The zero-order valence-corrected chi connectivity index (χ0v) is 8.29. The Balaban J connectivity index is 2.26. The molecule has 0 spiro atoms. The Morgan fingerprint density at radius 1 is 1.12 bits per heavy atom. The van der Waals surface area contributed by atoms with Crippen LogP contribution in [0.2, 0.25) is 0 Å². The number of hydrogen-bond acceptors (Lipinski definition) is 5. The van der Waals surface area contributed by atoms with Gasteiger partial charge >= 0.3 is 0 Å². The van der Waals surface area contributed by atoms with E-state index in [2.05, 4.69) is 15.1 Å². The molecule has 0 aliphatic heterocycles. The van der Waals surface area contributed by atoms with Crippen molar-refractivity contribution in [2.45, 2.75) is 0 Å². The molecule has 78 valence electrons. The lowest BCUT2D eigenvalue weighted by atomic mass is 10.2. The summed E-state index contributed by atoms with van der Waals surface area (Å²) in [7, 11) is 0. The molecule has 0 unspecified atom stereocenters. The standard InChI is InChI=1S/C11H8N4O/c12-11-13-6-5-8(14-11)10-7-3-1-2-4-9(7)16-15-10/h1-6H,(H2,12,13,14). The number of aromatic nitrogens is 3. The molecule has 0 saturated carbocycles. The first-order valence-corrected chi connectivity index (χ1v) is 4.78. The number of anilines is 1. The minimum Gasteiger partial charge on any atom is -0.368 e. The summed E-state index contributed by atoms with van der Waals surface area (Å²) in [5.41, 5.74) is 7.61. The summed E-state index contributed by atoms with van der Waals surface area (Å²) in [6, 6.07) is 9.36. The maximum absolute atomic E-state index is 5.53. The quantitative estimate of drug-likeness (QED) is 0.666. The van der Waals surface area contributed by atoms with Crippen molar-refractivity contribution < 1.29 is 4.52 Å². The molecule has 0 radical (unpaired) electrons. The predicted molar refractivity (Wildman–Crippen MR) is 59.4 cm³/mol. The van der Waals surface area contributed by atoms with Crippen LogP contribution in [0.25, 0.3) is 22.4 Å². The summed E-state index contributed by atoms with van der Waals surface area (Å²) in [6.45, 7) is 0. The van der Waals surface area contributed by atoms with Crippen LogP contribution in [0, 0.1) is 0 Å². The van der Waals surface area contributed by atoms with Gasteiger partial charge in [-0.25, -0.2) is 9.97 Å². The van der Waals surface area contributed by atoms with E-state index >= 15 is 0 Å². The molecule has 5 nitrogen and oxygen atoms in total. The molecule has 2 N–H and O–H groups in total. The van der Waals surface area contributed by atoms with Crippen LogP contribution in [-0.4, -0.2) is 15.1 Å². The summed E-state index contributed by atoms with van der Waals surface area (Å²) < 4.78 is 5.19. The van der Waals surface area contributed by atoms with E-state index in [1.165, 1.54) is 0 Å². The molecular weight excluding hydrogens is 204 g/mol. The lowest BCUT2D eigenvalue weighted by molar-refractivity contribution is 0.459. The largest absolute Gasteiger partial charge is 0.368 e. The molecule has 5 heteroatoms. The van der Waals surface area contributed by atoms with Gasteiger partial charge in [0, 0.05) is 6.20 Å². The Kier molecular flexibility index (Phi) is 1.83. The average Bonchev–Trinajstić information content (AvgIpc) is 2.72. The first-order valence-electron chi connectivity index (χ1n) is 4.78. The van der Waals surface area contributed by atoms with Gasteiger partial charge in [0.2, 0.25) is 5.95 Å². The van der Waals surface area contributed by atoms with Crippen molar-refractivity contribution in [3.63, 3.8) is 0 Å². The van der Waals surface area contributed by atoms with Crippen molar-refractivity contribution in [1.29, 1.82) is 0 Å². The van der Waals surface area contributed by atoms with Gasteiger partial charge in [-0.2, -0.15) is 0 Å². The van der Waals surface area contributed by atoms with Gasteiger partial charge in [0.15, 0.2) is 5.58 Å². The molecule has 0 fully saturated rings. The Morgan fingerprint density at radius 2 is 2.00 bits per heavy atom. The zero-order chi connectivity index (χ0) is 11.0. The molecule has 2 aromatic heterocycles. The van der Waals surface area contributed by atoms with Gasteiger partial charge in [-0.05, 0) is 18.2 Å². The topological polar surface area (TPSA) is 77.8 Å². The van der Waals surface area contributed by atoms with Crippen LogP contribution in [0.1, 0.15) is 0 Å². The van der Waals surface area contributed by atoms with Gasteiger partial charge in [0.05, 0.1) is 11.1 Å². The van der Waals surface area contributed by atoms with Crippen LogP contribution in [0.4, 0.5) is 5.95 Å². The fourth-order valence-corrected chi connectivity index (χ4v) is 1.58. The first-order chi connectivity index (χ1) is 7.84. The van der Waals surface area contributed by atoms with Crippen molar-refractivity contribution in [3.05, 3.63) is 36.5 Å². The molecule has 3 rings (SSSR count). The Hall–Kier alpha value is -2.43. The zero-order valence-electron chi connectivity index (χ0n) is 8.29. The van der Waals surface area contributed by atoms with Gasteiger partial charge in [-0.3, -0.25) is 0 Å². The molecule has 3 aromatic rings. The van der Waals surface area contributed by atoms with Crippen LogP contribution < -0.4 is 5.73 Å². The minimum atomic E-state index is 0.226. The fourth-order valence-electron chi connectivity index (χ4n) is 1.58. The number of fused-ring (bicyclic) bond motifs is 1. The van der Waals surface area contributed by atoms with Crippen LogP contribution in [0.5, 0.6) is 0 Å². The van der Waals surface area contributed by atoms with Crippen LogP contribution in [-0.2, 0) is 0 Å². The molecule has 0 atom stereocenters. The van der Waals surface area contributed by atoms with Gasteiger partial charge in [0.1, 0.15) is 5.69 Å². The van der Waals surface area contributed by atoms with Crippen LogP contribution >= 0.6 is 0 Å². The smallest absolute Gasteiger partial charge is 0.220 e. The van der Waals surface area contributed by atoms with E-state index in [1.54, 1.807) is 12.3 Å². The van der Waals surface area contributed by atoms with Crippen molar-refractivity contribution in [3.8, 4) is 11.4 Å². The summed E-state index contributed by atoms with van der Waals surface area (Å²) in [5.74, 6) is 0.226. The average molecular weight is 212 g/mol. The molecule has 16 heavy (non-hydrogen) atoms. The number of nitrogen functional groups attached to an aromatic ring is 1. The second-order valence-corrected chi connectivity index (χ2v) is 3.33. The fraction of sp³-hybridized carbons (Fsp3) is 0. The Morgan fingerprint density at radius 3 is 2.88 bits per heavy atom.